The summed E-state index contributed by atoms with van der Waals surface area (Å²) in [5, 5.41) is 72.8. The van der Waals surface area contributed by atoms with Crippen molar-refractivity contribution >= 4 is 0 Å². The highest BCUT2D eigenvalue weighted by molar-refractivity contribution is 5.33. The summed E-state index contributed by atoms with van der Waals surface area (Å²) in [5.74, 6) is 1.21. The summed E-state index contributed by atoms with van der Waals surface area (Å²) in [7, 11) is 0. The van der Waals surface area contributed by atoms with Crippen LogP contribution in [0.25, 0.3) is 0 Å². The lowest BCUT2D eigenvalue weighted by Gasteiger charge is -2.65. The summed E-state index contributed by atoms with van der Waals surface area (Å²) in [4.78, 5) is 0. The van der Waals surface area contributed by atoms with E-state index in [0.29, 0.717) is 30.8 Å². The van der Waals surface area contributed by atoms with Gasteiger partial charge in [-0.1, -0.05) is 46.8 Å². The second kappa shape index (κ2) is 11.4. The van der Waals surface area contributed by atoms with Gasteiger partial charge in [-0.25, -0.2) is 0 Å². The van der Waals surface area contributed by atoms with Gasteiger partial charge in [-0.3, -0.25) is 0 Å². The smallest absolute Gasteiger partial charge is 0.186 e. The van der Waals surface area contributed by atoms with Crippen LogP contribution < -0.4 is 0 Å². The van der Waals surface area contributed by atoms with E-state index in [1.54, 1.807) is 0 Å². The number of hydrogen-bond acceptors (Lipinski definition) is 10. The first kappa shape index (κ1) is 35.2. The summed E-state index contributed by atoms with van der Waals surface area (Å²) >= 11 is 0. The molecule has 0 aromatic carbocycles. The number of rotatable bonds is 8. The average molecular weight is 653 g/mol. The lowest BCUT2D eigenvalue weighted by Crippen LogP contribution is -2.66. The van der Waals surface area contributed by atoms with E-state index in [-0.39, 0.29) is 28.3 Å². The van der Waals surface area contributed by atoms with E-state index in [1.807, 2.05) is 0 Å². The quantitative estimate of drug-likeness (QED) is 0.193. The summed E-state index contributed by atoms with van der Waals surface area (Å²) < 4.78 is 19.2. The van der Waals surface area contributed by atoms with Crippen LogP contribution in [0.5, 0.6) is 0 Å². The minimum absolute atomic E-state index is 0.0108. The van der Waals surface area contributed by atoms with Crippen molar-refractivity contribution in [1.29, 1.82) is 0 Å². The lowest BCUT2D eigenvalue weighted by molar-refractivity contribution is -0.329. The molecule has 0 aromatic rings. The van der Waals surface area contributed by atoms with E-state index >= 15 is 0 Å². The van der Waals surface area contributed by atoms with E-state index in [9.17, 15) is 35.7 Å². The van der Waals surface area contributed by atoms with E-state index in [1.165, 1.54) is 13.8 Å². The Bertz CT molecular complexity index is 1170. The molecule has 2 saturated heterocycles. The molecule has 46 heavy (non-hydrogen) atoms. The van der Waals surface area contributed by atoms with Crippen molar-refractivity contribution in [1.82, 2.24) is 0 Å². The number of aliphatic hydroxyl groups excluding tert-OH is 6. The van der Waals surface area contributed by atoms with Crippen molar-refractivity contribution in [3.8, 4) is 0 Å². The number of ether oxygens (including phenoxy) is 3. The Labute approximate surface area is 274 Å². The third-order valence-corrected chi connectivity index (χ3v) is 14.9. The molecule has 2 aliphatic heterocycles. The Morgan fingerprint density at radius 3 is 2.28 bits per heavy atom. The molecule has 2 unspecified atom stereocenters. The molecule has 10 heteroatoms. The first-order valence-electron chi connectivity index (χ1n) is 17.7. The zero-order chi connectivity index (χ0) is 33.8. The summed E-state index contributed by atoms with van der Waals surface area (Å²) in [6.45, 7) is 14.7. The van der Waals surface area contributed by atoms with Crippen molar-refractivity contribution in [2.24, 2.45) is 45.3 Å². The van der Waals surface area contributed by atoms with Crippen LogP contribution in [0.4, 0.5) is 0 Å². The van der Waals surface area contributed by atoms with Gasteiger partial charge < -0.3 is 50.0 Å². The van der Waals surface area contributed by atoms with Crippen LogP contribution in [0, 0.1) is 45.3 Å². The minimum Gasteiger partial charge on any atom is -0.394 e. The molecule has 7 N–H and O–H groups in total. The predicted octanol–water partition coefficient (Wildman–Crippen LogP) is 2.28. The number of allylic oxidation sites excluding steroid dienone is 1. The maximum atomic E-state index is 10.9. The zero-order valence-corrected chi connectivity index (χ0v) is 28.8. The number of fused-ring (bicyclic) bond motifs is 2. The largest absolute Gasteiger partial charge is 0.394 e. The number of hydrogen-bond donors (Lipinski definition) is 7. The van der Waals surface area contributed by atoms with Gasteiger partial charge in [-0.15, -0.1) is 0 Å². The fourth-order valence-corrected chi connectivity index (χ4v) is 11.9. The fourth-order valence-electron chi connectivity index (χ4n) is 11.9. The third-order valence-electron chi connectivity index (χ3n) is 14.9. The average Bonchev–Trinajstić information content (AvgIpc) is 3.38. The van der Waals surface area contributed by atoms with Gasteiger partial charge >= 0.3 is 0 Å². The lowest BCUT2D eigenvalue weighted by atomic mass is 9.38. The Kier molecular flexibility index (Phi) is 8.74. The molecule has 6 aliphatic rings. The second-order valence-electron chi connectivity index (χ2n) is 17.7. The molecule has 4 aliphatic carbocycles. The third kappa shape index (κ3) is 4.72. The van der Waals surface area contributed by atoms with Gasteiger partial charge in [0.2, 0.25) is 0 Å². The standard InChI is InChI=1S/C36H60O10/c1-19(16-21(38)29(42)32(4,5)43)20-10-12-34(7)23-11-13-36-24(35(23,18-44-36)15-14-33(20,34)6)8-9-25(31(36,2)3)46-30-28(41)27(40)26(39)22(17-37)45-30/h11,13,19-30,37-43H,8-10,12,14-18H2,1-7H3/t19-,20-,21?,22-,23+,24+,25+,26-,27-,28-,29?,30+,33-,34+,35+,36-/m1/s1. The maximum Gasteiger partial charge on any atom is 0.186 e. The van der Waals surface area contributed by atoms with Gasteiger partial charge in [0.05, 0.1) is 36.6 Å². The van der Waals surface area contributed by atoms with Crippen LogP contribution in [0.15, 0.2) is 12.2 Å². The summed E-state index contributed by atoms with van der Waals surface area (Å²) in [6.07, 6.45) is 1.99. The van der Waals surface area contributed by atoms with E-state index in [0.717, 1.165) is 38.5 Å². The fraction of sp³-hybridized carbons (Fsp3) is 0.944. The first-order valence-corrected chi connectivity index (χ1v) is 17.7. The summed E-state index contributed by atoms with van der Waals surface area (Å²) in [6, 6.07) is 0. The molecule has 2 heterocycles. The van der Waals surface area contributed by atoms with Crippen LogP contribution >= 0.6 is 0 Å². The van der Waals surface area contributed by atoms with Gasteiger partial charge in [-0.05, 0) is 87.4 Å². The molecular weight excluding hydrogens is 592 g/mol. The molecule has 0 aromatic heterocycles. The Balaban J connectivity index is 1.24. The Hall–Kier alpha value is -0.660. The Morgan fingerprint density at radius 1 is 0.935 bits per heavy atom. The van der Waals surface area contributed by atoms with Crippen molar-refractivity contribution in [2.45, 2.75) is 154 Å². The normalized spacial score (nSPS) is 51.6. The van der Waals surface area contributed by atoms with E-state index in [2.05, 4.69) is 46.8 Å². The van der Waals surface area contributed by atoms with E-state index < -0.39 is 66.1 Å². The van der Waals surface area contributed by atoms with Gasteiger partial charge in [-0.2, -0.15) is 0 Å². The van der Waals surface area contributed by atoms with Crippen molar-refractivity contribution in [3.63, 3.8) is 0 Å². The molecule has 16 atom stereocenters. The highest BCUT2D eigenvalue weighted by Crippen LogP contribution is 2.77. The van der Waals surface area contributed by atoms with Gasteiger partial charge in [0.25, 0.3) is 0 Å². The van der Waals surface area contributed by atoms with Crippen molar-refractivity contribution in [2.75, 3.05) is 13.2 Å². The first-order chi connectivity index (χ1) is 21.3. The molecule has 0 amide bonds. The van der Waals surface area contributed by atoms with Crippen LogP contribution in [-0.4, -0.2) is 109 Å². The molecule has 10 nitrogen and oxygen atoms in total. The van der Waals surface area contributed by atoms with E-state index in [4.69, 9.17) is 14.2 Å². The summed E-state index contributed by atoms with van der Waals surface area (Å²) in [5.41, 5.74) is -2.34. The topological polar surface area (TPSA) is 169 Å². The molecule has 0 radical (unpaired) electrons. The Morgan fingerprint density at radius 2 is 1.63 bits per heavy atom. The van der Waals surface area contributed by atoms with Gasteiger partial charge in [0, 0.05) is 16.7 Å². The molecule has 1 spiro atoms. The van der Waals surface area contributed by atoms with Crippen LogP contribution in [0.2, 0.25) is 0 Å². The minimum atomic E-state index is -1.49. The zero-order valence-electron chi connectivity index (χ0n) is 28.8. The number of aliphatic hydroxyl groups is 7. The SMILES string of the molecule is C[C@H](CC(O)C(O)C(C)(C)O)[C@H]1CC[C@@]2(C)[C@@H]3C=C[C@@]45OC[C@]3(CC[C@]12C)[C@@H]4CC[C@H](O[C@@H]1O[C@H](CO)[C@@H](O)[C@@H](O)[C@H]1O)C5(C)C. The molecule has 6 rings (SSSR count). The molecule has 3 saturated carbocycles. The predicted molar refractivity (Wildman–Crippen MR) is 169 cm³/mol. The molecular formula is C36H60O10. The van der Waals surface area contributed by atoms with Crippen LogP contribution in [-0.2, 0) is 14.2 Å². The van der Waals surface area contributed by atoms with Crippen LogP contribution in [0.3, 0.4) is 0 Å². The second-order valence-corrected chi connectivity index (χ2v) is 17.7. The highest BCUT2D eigenvalue weighted by atomic mass is 16.7. The van der Waals surface area contributed by atoms with Gasteiger partial charge in [0.1, 0.15) is 30.5 Å². The van der Waals surface area contributed by atoms with Crippen LogP contribution in [0.1, 0.15) is 93.4 Å². The van der Waals surface area contributed by atoms with Crippen molar-refractivity contribution in [3.05, 3.63) is 12.2 Å². The van der Waals surface area contributed by atoms with Crippen molar-refractivity contribution < 1.29 is 50.0 Å². The molecule has 2 bridgehead atoms. The monoisotopic (exact) mass is 652 g/mol. The van der Waals surface area contributed by atoms with Gasteiger partial charge in [0.15, 0.2) is 6.29 Å². The molecule has 5 fully saturated rings. The molecule has 264 valence electrons. The maximum absolute atomic E-state index is 10.9. The highest BCUT2D eigenvalue weighted by Gasteiger charge is 2.75.